The second-order valence-corrected chi connectivity index (χ2v) is 10.8. The molecule has 0 bridgehead atoms. The van der Waals surface area contributed by atoms with Gasteiger partial charge in [0.15, 0.2) is 0 Å². The summed E-state index contributed by atoms with van der Waals surface area (Å²) in [6, 6.07) is 0. The minimum Gasteiger partial charge on any atom is -0.303 e. The van der Waals surface area contributed by atoms with Crippen molar-refractivity contribution in [3.63, 3.8) is 0 Å². The van der Waals surface area contributed by atoms with Gasteiger partial charge in [-0.3, -0.25) is 0 Å². The van der Waals surface area contributed by atoms with Crippen molar-refractivity contribution < 1.29 is 4.39 Å². The number of halogens is 1. The van der Waals surface area contributed by atoms with E-state index < -0.39 is 14.2 Å². The van der Waals surface area contributed by atoms with E-state index in [-0.39, 0.29) is 0 Å². The van der Waals surface area contributed by atoms with Crippen LogP contribution in [-0.4, -0.2) is 38.4 Å². The highest BCUT2D eigenvalue weighted by molar-refractivity contribution is 6.76. The molecule has 3 heteroatoms. The van der Waals surface area contributed by atoms with Crippen LogP contribution in [-0.2, 0) is 0 Å². The topological polar surface area (TPSA) is 3.24 Å². The van der Waals surface area contributed by atoms with E-state index in [4.69, 9.17) is 0 Å². The summed E-state index contributed by atoms with van der Waals surface area (Å²) < 4.78 is 13.2. The maximum atomic E-state index is 13.2. The van der Waals surface area contributed by atoms with Gasteiger partial charge in [-0.15, -0.1) is 0 Å². The fourth-order valence-electron chi connectivity index (χ4n) is 1.98. The Morgan fingerprint density at radius 2 is 2.00 bits per heavy atom. The molecule has 1 fully saturated rings. The summed E-state index contributed by atoms with van der Waals surface area (Å²) in [6.07, 6.45) is 3.63. The molecule has 0 saturated carbocycles. The molecular weight excluding hydrogens is 181 g/mol. The van der Waals surface area contributed by atoms with E-state index in [0.717, 1.165) is 25.6 Å². The first-order valence-corrected chi connectivity index (χ1v) is 9.04. The highest BCUT2D eigenvalue weighted by Gasteiger charge is 2.22. The molecule has 1 atom stereocenters. The summed E-state index contributed by atoms with van der Waals surface area (Å²) in [6.45, 7) is 8.86. The minimum atomic E-state index is -1.04. The fourth-order valence-corrected chi connectivity index (χ4v) is 3.61. The molecule has 1 unspecified atom stereocenters. The molecule has 1 aliphatic rings. The van der Waals surface area contributed by atoms with E-state index in [9.17, 15) is 4.39 Å². The second-order valence-electron chi connectivity index (χ2n) is 5.39. The Labute approximate surface area is 82.3 Å². The van der Waals surface area contributed by atoms with Gasteiger partial charge in [0.05, 0.1) is 8.07 Å². The number of likely N-dealkylation sites (tertiary alicyclic amines) is 1. The minimum absolute atomic E-state index is 0.571. The van der Waals surface area contributed by atoms with Crippen LogP contribution in [0.15, 0.2) is 0 Å². The molecule has 0 spiro atoms. The van der Waals surface area contributed by atoms with Crippen LogP contribution in [0.3, 0.4) is 0 Å². The maximum Gasteiger partial charge on any atom is 0.113 e. The van der Waals surface area contributed by atoms with Crippen LogP contribution >= 0.6 is 0 Å². The molecule has 1 rings (SSSR count). The Bertz CT molecular complexity index is 155. The standard InChI is InChI=1S/C10H22FNSi/c1-13(2,3)9-12-7-5-4-6-10(11)8-12/h10H,4-9H2,1-3H3. The zero-order valence-corrected chi connectivity index (χ0v) is 10.1. The van der Waals surface area contributed by atoms with Crippen LogP contribution in [0.5, 0.6) is 0 Å². The molecule has 0 radical (unpaired) electrons. The molecule has 0 aromatic rings. The number of rotatable bonds is 2. The summed E-state index contributed by atoms with van der Waals surface area (Å²) in [7, 11) is -1.04. The molecule has 1 heterocycles. The molecule has 1 nitrogen and oxygen atoms in total. The zero-order valence-electron chi connectivity index (χ0n) is 9.15. The average molecular weight is 203 g/mol. The Kier molecular flexibility index (Phi) is 3.92. The number of hydrogen-bond donors (Lipinski definition) is 0. The van der Waals surface area contributed by atoms with E-state index in [1.165, 1.54) is 6.42 Å². The van der Waals surface area contributed by atoms with Gasteiger partial charge in [-0.25, -0.2) is 4.39 Å². The molecule has 1 aliphatic heterocycles. The summed E-state index contributed by atoms with van der Waals surface area (Å²) in [4.78, 5) is 2.34. The third kappa shape index (κ3) is 4.77. The second kappa shape index (κ2) is 4.56. The molecule has 0 aliphatic carbocycles. The molecule has 78 valence electrons. The molecule has 0 amide bonds. The zero-order chi connectivity index (χ0) is 9.90. The van der Waals surface area contributed by atoms with Crippen molar-refractivity contribution >= 4 is 8.07 Å². The van der Waals surface area contributed by atoms with Crippen molar-refractivity contribution in [3.05, 3.63) is 0 Å². The number of hydrogen-bond acceptors (Lipinski definition) is 1. The summed E-state index contributed by atoms with van der Waals surface area (Å²) in [5.74, 6) is 0. The SMILES string of the molecule is C[Si](C)(C)CN1CCCCC(F)C1. The van der Waals surface area contributed by atoms with Crippen LogP contribution < -0.4 is 0 Å². The number of alkyl halides is 1. The molecular formula is C10H22FNSi. The van der Waals surface area contributed by atoms with E-state index in [2.05, 4.69) is 24.5 Å². The predicted molar refractivity (Wildman–Crippen MR) is 58.5 cm³/mol. The quantitative estimate of drug-likeness (QED) is 0.624. The maximum absolute atomic E-state index is 13.2. The molecule has 0 aromatic heterocycles. The first kappa shape index (κ1) is 11.2. The smallest absolute Gasteiger partial charge is 0.113 e. The molecule has 1 saturated heterocycles. The lowest BCUT2D eigenvalue weighted by Crippen LogP contribution is -2.42. The summed E-state index contributed by atoms with van der Waals surface area (Å²) in [5, 5.41) is 0. The predicted octanol–water partition coefficient (Wildman–Crippen LogP) is 2.69. The monoisotopic (exact) mass is 203 g/mol. The van der Waals surface area contributed by atoms with Crippen molar-refractivity contribution in [1.29, 1.82) is 0 Å². The van der Waals surface area contributed by atoms with Crippen molar-refractivity contribution in [2.45, 2.75) is 45.1 Å². The van der Waals surface area contributed by atoms with Gasteiger partial charge in [0.25, 0.3) is 0 Å². The van der Waals surface area contributed by atoms with Crippen LogP contribution in [0.25, 0.3) is 0 Å². The van der Waals surface area contributed by atoms with E-state index in [0.29, 0.717) is 6.54 Å². The normalized spacial score (nSPS) is 27.2. The van der Waals surface area contributed by atoms with Crippen LogP contribution in [0.2, 0.25) is 19.6 Å². The van der Waals surface area contributed by atoms with Gasteiger partial charge in [0.1, 0.15) is 6.17 Å². The van der Waals surface area contributed by atoms with E-state index >= 15 is 0 Å². The van der Waals surface area contributed by atoms with Crippen LogP contribution in [0, 0.1) is 0 Å². The van der Waals surface area contributed by atoms with E-state index in [1.54, 1.807) is 0 Å². The van der Waals surface area contributed by atoms with Gasteiger partial charge < -0.3 is 4.90 Å². The Morgan fingerprint density at radius 3 is 2.62 bits per heavy atom. The third-order valence-corrected chi connectivity index (χ3v) is 3.79. The van der Waals surface area contributed by atoms with E-state index in [1.807, 2.05) is 0 Å². The van der Waals surface area contributed by atoms with Crippen LogP contribution in [0.4, 0.5) is 4.39 Å². The highest BCUT2D eigenvalue weighted by Crippen LogP contribution is 2.15. The van der Waals surface area contributed by atoms with Gasteiger partial charge in [-0.05, 0) is 32.0 Å². The van der Waals surface area contributed by atoms with Gasteiger partial charge in [-0.1, -0.05) is 19.6 Å². The van der Waals surface area contributed by atoms with Crippen LogP contribution in [0.1, 0.15) is 19.3 Å². The highest BCUT2D eigenvalue weighted by atomic mass is 28.3. The van der Waals surface area contributed by atoms with Gasteiger partial charge in [-0.2, -0.15) is 0 Å². The number of nitrogens with zero attached hydrogens (tertiary/aromatic N) is 1. The molecule has 0 N–H and O–H groups in total. The largest absolute Gasteiger partial charge is 0.303 e. The molecule has 13 heavy (non-hydrogen) atoms. The Balaban J connectivity index is 2.39. The van der Waals surface area contributed by atoms with Crippen molar-refractivity contribution in [1.82, 2.24) is 4.90 Å². The average Bonchev–Trinajstić information content (AvgIpc) is 2.10. The van der Waals surface area contributed by atoms with Gasteiger partial charge in [0.2, 0.25) is 0 Å². The Morgan fingerprint density at radius 1 is 1.31 bits per heavy atom. The summed E-state index contributed by atoms with van der Waals surface area (Å²) >= 11 is 0. The lowest BCUT2D eigenvalue weighted by Gasteiger charge is -2.27. The van der Waals surface area contributed by atoms with Gasteiger partial charge in [0, 0.05) is 6.54 Å². The first-order chi connectivity index (χ1) is 5.97. The lowest BCUT2D eigenvalue weighted by molar-refractivity contribution is 0.226. The fraction of sp³-hybridized carbons (Fsp3) is 1.00. The Hall–Kier alpha value is 0.107. The van der Waals surface area contributed by atoms with Crippen molar-refractivity contribution in [2.75, 3.05) is 19.3 Å². The molecule has 0 aromatic carbocycles. The lowest BCUT2D eigenvalue weighted by atomic mass is 10.2. The first-order valence-electron chi connectivity index (χ1n) is 5.34. The third-order valence-electron chi connectivity index (χ3n) is 2.40. The van der Waals surface area contributed by atoms with Crippen molar-refractivity contribution in [3.8, 4) is 0 Å². The van der Waals surface area contributed by atoms with Crippen molar-refractivity contribution in [2.24, 2.45) is 0 Å². The summed E-state index contributed by atoms with van der Waals surface area (Å²) in [5.41, 5.74) is 0. The van der Waals surface area contributed by atoms with Gasteiger partial charge >= 0.3 is 0 Å².